The molecule has 2 rings (SSSR count). The highest BCUT2D eigenvalue weighted by atomic mass is 19.4. The van der Waals surface area contributed by atoms with Gasteiger partial charge in [-0.1, -0.05) is 6.07 Å². The third-order valence-electron chi connectivity index (χ3n) is 2.73. The smallest absolute Gasteiger partial charge is 0.416 e. The molecule has 0 saturated heterocycles. The summed E-state index contributed by atoms with van der Waals surface area (Å²) in [5.41, 5.74) is 0.129. The van der Waals surface area contributed by atoms with Gasteiger partial charge < -0.3 is 10.1 Å². The molecule has 88 valence electrons. The predicted molar refractivity (Wildman–Crippen MR) is 53.4 cm³/mol. The van der Waals surface area contributed by atoms with E-state index in [2.05, 4.69) is 5.32 Å². The molecule has 1 atom stereocenters. The molecule has 0 fully saturated rings. The lowest BCUT2D eigenvalue weighted by Crippen LogP contribution is -2.24. The van der Waals surface area contributed by atoms with E-state index in [4.69, 9.17) is 4.74 Å². The first-order valence-corrected chi connectivity index (χ1v) is 5.03. The highest BCUT2D eigenvalue weighted by Crippen LogP contribution is 2.37. The maximum atomic E-state index is 12.5. The Morgan fingerprint density at radius 1 is 1.38 bits per heavy atom. The van der Waals surface area contributed by atoms with Crippen molar-refractivity contribution in [3.05, 3.63) is 29.3 Å². The molecule has 0 amide bonds. The second kappa shape index (κ2) is 3.97. The highest BCUT2D eigenvalue weighted by molar-refractivity contribution is 5.41. The summed E-state index contributed by atoms with van der Waals surface area (Å²) in [4.78, 5) is 0. The Labute approximate surface area is 91.4 Å². The molecule has 5 heteroatoms. The summed E-state index contributed by atoms with van der Waals surface area (Å²) in [5, 5.41) is 3.06. The second-order valence-electron chi connectivity index (χ2n) is 3.73. The van der Waals surface area contributed by atoms with Gasteiger partial charge in [0.15, 0.2) is 0 Å². The zero-order chi connectivity index (χ0) is 11.8. The van der Waals surface area contributed by atoms with Crippen LogP contribution in [0, 0.1) is 0 Å². The quantitative estimate of drug-likeness (QED) is 0.802. The van der Waals surface area contributed by atoms with E-state index in [1.165, 1.54) is 6.07 Å². The predicted octanol–water partition coefficient (Wildman–Crippen LogP) is 2.75. The summed E-state index contributed by atoms with van der Waals surface area (Å²) < 4.78 is 42.6. The van der Waals surface area contributed by atoms with Crippen LogP contribution in [0.25, 0.3) is 0 Å². The second-order valence-corrected chi connectivity index (χ2v) is 3.73. The molecule has 1 heterocycles. The summed E-state index contributed by atoms with van der Waals surface area (Å²) in [6.07, 6.45) is -3.54. The average molecular weight is 231 g/mol. The van der Waals surface area contributed by atoms with Gasteiger partial charge in [-0.2, -0.15) is 13.2 Å². The fourth-order valence-electron chi connectivity index (χ4n) is 1.87. The number of halogens is 3. The zero-order valence-corrected chi connectivity index (χ0v) is 8.77. The van der Waals surface area contributed by atoms with Gasteiger partial charge in [0.1, 0.15) is 5.75 Å². The third kappa shape index (κ3) is 2.00. The first-order chi connectivity index (χ1) is 7.52. The third-order valence-corrected chi connectivity index (χ3v) is 2.73. The Kier molecular flexibility index (Phi) is 2.80. The molecule has 0 unspecified atom stereocenters. The van der Waals surface area contributed by atoms with E-state index in [9.17, 15) is 13.2 Å². The number of ether oxygens (including phenoxy) is 1. The monoisotopic (exact) mass is 231 g/mol. The lowest BCUT2D eigenvalue weighted by Gasteiger charge is -2.26. The molecule has 16 heavy (non-hydrogen) atoms. The van der Waals surface area contributed by atoms with Crippen LogP contribution in [0.2, 0.25) is 0 Å². The van der Waals surface area contributed by atoms with Gasteiger partial charge in [-0.25, -0.2) is 0 Å². The molecular formula is C11H12F3NO. The standard InChI is InChI=1S/C11H12F3NO/c1-15-9-4-5-16-10-6-7(11(12,13)14)2-3-8(9)10/h2-3,6,9,15H,4-5H2,1H3/t9-/m1/s1. The van der Waals surface area contributed by atoms with Gasteiger partial charge in [0, 0.05) is 18.0 Å². The number of hydrogen-bond donors (Lipinski definition) is 1. The van der Waals surface area contributed by atoms with Crippen molar-refractivity contribution in [1.29, 1.82) is 0 Å². The van der Waals surface area contributed by atoms with Crippen molar-refractivity contribution >= 4 is 0 Å². The van der Waals surface area contributed by atoms with Gasteiger partial charge in [-0.15, -0.1) is 0 Å². The SMILES string of the molecule is CN[C@@H]1CCOc2cc(C(F)(F)F)ccc21. The van der Waals surface area contributed by atoms with Crippen LogP contribution in [0.15, 0.2) is 18.2 Å². The maximum Gasteiger partial charge on any atom is 0.416 e. The first kappa shape index (κ1) is 11.3. The van der Waals surface area contributed by atoms with Gasteiger partial charge in [-0.3, -0.25) is 0 Å². The molecule has 0 aliphatic carbocycles. The Morgan fingerprint density at radius 3 is 2.75 bits per heavy atom. The van der Waals surface area contributed by atoms with Crippen molar-refractivity contribution < 1.29 is 17.9 Å². The number of fused-ring (bicyclic) bond motifs is 1. The largest absolute Gasteiger partial charge is 0.493 e. The van der Waals surface area contributed by atoms with Crippen LogP contribution >= 0.6 is 0 Å². The van der Waals surface area contributed by atoms with Crippen molar-refractivity contribution in [2.75, 3.05) is 13.7 Å². The molecule has 1 aliphatic rings. The number of hydrogen-bond acceptors (Lipinski definition) is 2. The Morgan fingerprint density at radius 2 is 2.12 bits per heavy atom. The lowest BCUT2D eigenvalue weighted by molar-refractivity contribution is -0.137. The van der Waals surface area contributed by atoms with Gasteiger partial charge >= 0.3 is 6.18 Å². The molecule has 0 radical (unpaired) electrons. The van der Waals surface area contributed by atoms with Crippen LogP contribution < -0.4 is 10.1 Å². The summed E-state index contributed by atoms with van der Waals surface area (Å²) in [6, 6.07) is 3.72. The number of benzene rings is 1. The van der Waals surface area contributed by atoms with Crippen molar-refractivity contribution in [1.82, 2.24) is 5.32 Å². The topological polar surface area (TPSA) is 21.3 Å². The van der Waals surface area contributed by atoms with Crippen LogP contribution in [0.3, 0.4) is 0 Å². The first-order valence-electron chi connectivity index (χ1n) is 5.03. The molecule has 0 saturated carbocycles. The van der Waals surface area contributed by atoms with Gasteiger partial charge in [-0.05, 0) is 19.2 Å². The highest BCUT2D eigenvalue weighted by Gasteiger charge is 2.32. The van der Waals surface area contributed by atoms with Crippen molar-refractivity contribution in [3.63, 3.8) is 0 Å². The van der Waals surface area contributed by atoms with E-state index in [1.807, 2.05) is 0 Å². The normalized spacial score (nSPS) is 20.1. The van der Waals surface area contributed by atoms with Gasteiger partial charge in [0.05, 0.1) is 12.2 Å². The zero-order valence-electron chi connectivity index (χ0n) is 8.77. The number of nitrogens with one attached hydrogen (secondary N) is 1. The minimum atomic E-state index is -4.31. The maximum absolute atomic E-state index is 12.5. The number of rotatable bonds is 1. The number of alkyl halides is 3. The van der Waals surface area contributed by atoms with Crippen molar-refractivity contribution in [2.45, 2.75) is 18.6 Å². The van der Waals surface area contributed by atoms with E-state index in [0.717, 1.165) is 24.1 Å². The summed E-state index contributed by atoms with van der Waals surface area (Å²) in [5.74, 6) is 0.334. The van der Waals surface area contributed by atoms with Crippen LogP contribution in [0.5, 0.6) is 5.75 Å². The Bertz CT molecular complexity index is 389. The van der Waals surface area contributed by atoms with E-state index in [-0.39, 0.29) is 6.04 Å². The van der Waals surface area contributed by atoms with E-state index in [1.54, 1.807) is 7.05 Å². The van der Waals surface area contributed by atoms with E-state index >= 15 is 0 Å². The van der Waals surface area contributed by atoms with Crippen LogP contribution in [0.4, 0.5) is 13.2 Å². The van der Waals surface area contributed by atoms with Crippen molar-refractivity contribution in [2.24, 2.45) is 0 Å². The Balaban J connectivity index is 2.39. The van der Waals surface area contributed by atoms with Crippen LogP contribution in [0.1, 0.15) is 23.6 Å². The van der Waals surface area contributed by atoms with E-state index < -0.39 is 11.7 Å². The molecule has 1 aliphatic heterocycles. The lowest BCUT2D eigenvalue weighted by atomic mass is 9.99. The average Bonchev–Trinajstić information content (AvgIpc) is 2.26. The molecule has 0 aromatic heterocycles. The van der Waals surface area contributed by atoms with E-state index in [0.29, 0.717) is 12.4 Å². The molecular weight excluding hydrogens is 219 g/mol. The molecule has 0 bridgehead atoms. The molecule has 1 aromatic rings. The van der Waals surface area contributed by atoms with Crippen molar-refractivity contribution in [3.8, 4) is 5.75 Å². The fourth-order valence-corrected chi connectivity index (χ4v) is 1.87. The summed E-state index contributed by atoms with van der Waals surface area (Å²) >= 11 is 0. The minimum Gasteiger partial charge on any atom is -0.493 e. The summed E-state index contributed by atoms with van der Waals surface area (Å²) in [6.45, 7) is 0.444. The Hall–Kier alpha value is -1.23. The van der Waals surface area contributed by atoms with Crippen LogP contribution in [-0.4, -0.2) is 13.7 Å². The molecule has 1 aromatic carbocycles. The van der Waals surface area contributed by atoms with Crippen LogP contribution in [-0.2, 0) is 6.18 Å². The van der Waals surface area contributed by atoms with Gasteiger partial charge in [0.25, 0.3) is 0 Å². The molecule has 1 N–H and O–H groups in total. The fraction of sp³-hybridized carbons (Fsp3) is 0.455. The van der Waals surface area contributed by atoms with Gasteiger partial charge in [0.2, 0.25) is 0 Å². The molecule has 2 nitrogen and oxygen atoms in total. The molecule has 0 spiro atoms. The summed E-state index contributed by atoms with van der Waals surface area (Å²) in [7, 11) is 1.79. The minimum absolute atomic E-state index is 0.0750.